The molecule has 1 N–H and O–H groups in total. The molecule has 1 heterocycles. The third-order valence-corrected chi connectivity index (χ3v) is 3.73. The van der Waals surface area contributed by atoms with Gasteiger partial charge in [-0.1, -0.05) is 36.4 Å². The van der Waals surface area contributed by atoms with E-state index in [2.05, 4.69) is 5.10 Å². The second-order valence-corrected chi connectivity index (χ2v) is 4.97. The highest BCUT2D eigenvalue weighted by molar-refractivity contribution is 6.25. The predicted octanol–water partition coefficient (Wildman–Crippen LogP) is 2.33. The third kappa shape index (κ3) is 1.54. The monoisotopic (exact) mass is 278 g/mol. The minimum Gasteiger partial charge on any atom is -0.480 e. The number of fused-ring (bicyclic) bond motifs is 2. The fourth-order valence-corrected chi connectivity index (χ4v) is 2.89. The van der Waals surface area contributed by atoms with Gasteiger partial charge < -0.3 is 5.11 Å². The maximum absolute atomic E-state index is 12.6. The van der Waals surface area contributed by atoms with E-state index >= 15 is 0 Å². The summed E-state index contributed by atoms with van der Waals surface area (Å²) >= 11 is 0. The molecule has 102 valence electrons. The number of hydrogen-bond acceptors (Lipinski definition) is 3. The van der Waals surface area contributed by atoms with Crippen LogP contribution in [0.15, 0.2) is 42.5 Å². The standard InChI is InChI=1S/C16H10N2O3/c19-13(20)8-18-12-7-3-6-11-14(12)15(17-18)9-4-1-2-5-10(9)16(11)21/h1-7H,8H2,(H,19,20). The van der Waals surface area contributed by atoms with Crippen molar-refractivity contribution in [1.29, 1.82) is 0 Å². The van der Waals surface area contributed by atoms with Crippen LogP contribution in [0.5, 0.6) is 0 Å². The summed E-state index contributed by atoms with van der Waals surface area (Å²) in [5.41, 5.74) is 3.30. The Hall–Kier alpha value is -2.95. The normalized spacial score (nSPS) is 12.5. The number of carboxylic acids is 1. The minimum atomic E-state index is -0.963. The molecule has 2 aromatic carbocycles. The van der Waals surface area contributed by atoms with Gasteiger partial charge in [0.15, 0.2) is 5.78 Å². The summed E-state index contributed by atoms with van der Waals surface area (Å²) in [6, 6.07) is 12.6. The van der Waals surface area contributed by atoms with Crippen molar-refractivity contribution in [2.45, 2.75) is 6.54 Å². The Morgan fingerprint density at radius 3 is 2.52 bits per heavy atom. The predicted molar refractivity (Wildman–Crippen MR) is 76.2 cm³/mol. The maximum atomic E-state index is 12.6. The first-order valence-electron chi connectivity index (χ1n) is 6.52. The lowest BCUT2D eigenvalue weighted by atomic mass is 9.87. The van der Waals surface area contributed by atoms with Crippen LogP contribution in [0.4, 0.5) is 0 Å². The Labute approximate surface area is 119 Å². The van der Waals surface area contributed by atoms with Crippen molar-refractivity contribution in [2.24, 2.45) is 0 Å². The molecule has 3 aromatic rings. The van der Waals surface area contributed by atoms with Crippen LogP contribution in [0, 0.1) is 0 Å². The molecule has 1 aliphatic rings. The number of benzene rings is 2. The van der Waals surface area contributed by atoms with Gasteiger partial charge in [-0.2, -0.15) is 5.10 Å². The Morgan fingerprint density at radius 2 is 1.76 bits per heavy atom. The van der Waals surface area contributed by atoms with E-state index in [1.165, 1.54) is 4.68 Å². The average Bonchev–Trinajstić information content (AvgIpc) is 2.84. The van der Waals surface area contributed by atoms with Gasteiger partial charge in [0.2, 0.25) is 0 Å². The van der Waals surface area contributed by atoms with Gasteiger partial charge in [-0.3, -0.25) is 14.3 Å². The minimum absolute atomic E-state index is 0.0430. The number of carbonyl (C=O) groups excluding carboxylic acids is 1. The summed E-state index contributed by atoms with van der Waals surface area (Å²) in [4.78, 5) is 23.6. The van der Waals surface area contributed by atoms with Crippen LogP contribution < -0.4 is 0 Å². The topological polar surface area (TPSA) is 72.2 Å². The van der Waals surface area contributed by atoms with Gasteiger partial charge in [-0.25, -0.2) is 0 Å². The first-order chi connectivity index (χ1) is 10.2. The van der Waals surface area contributed by atoms with Crippen LogP contribution in [0.3, 0.4) is 0 Å². The number of aliphatic carboxylic acids is 1. The number of nitrogens with zero attached hydrogens (tertiary/aromatic N) is 2. The van der Waals surface area contributed by atoms with Gasteiger partial charge in [0.1, 0.15) is 12.2 Å². The zero-order chi connectivity index (χ0) is 14.6. The first kappa shape index (κ1) is 11.8. The lowest BCUT2D eigenvalue weighted by Crippen LogP contribution is -2.09. The number of aromatic nitrogens is 2. The molecule has 0 radical (unpaired) electrons. The highest BCUT2D eigenvalue weighted by Gasteiger charge is 2.28. The Kier molecular flexibility index (Phi) is 2.27. The summed E-state index contributed by atoms with van der Waals surface area (Å²) in [6.07, 6.45) is 0. The molecule has 21 heavy (non-hydrogen) atoms. The molecule has 0 saturated carbocycles. The Morgan fingerprint density at radius 1 is 1.05 bits per heavy atom. The fourth-order valence-electron chi connectivity index (χ4n) is 2.89. The summed E-state index contributed by atoms with van der Waals surface area (Å²) in [5, 5.41) is 14.2. The SMILES string of the molecule is O=C(O)Cn1nc2c3c(cccc31)C(=O)c1ccccc1-2. The van der Waals surface area contributed by atoms with Crippen LogP contribution in [-0.4, -0.2) is 26.6 Å². The lowest BCUT2D eigenvalue weighted by Gasteiger charge is -2.13. The molecule has 0 amide bonds. The molecule has 5 nitrogen and oxygen atoms in total. The third-order valence-electron chi connectivity index (χ3n) is 3.73. The molecule has 0 aliphatic heterocycles. The molecular formula is C16H10N2O3. The van der Waals surface area contributed by atoms with Crippen LogP contribution in [0.2, 0.25) is 0 Å². The van der Waals surface area contributed by atoms with E-state index in [1.807, 2.05) is 18.2 Å². The largest absolute Gasteiger partial charge is 0.480 e. The zero-order valence-corrected chi connectivity index (χ0v) is 10.9. The molecule has 0 saturated heterocycles. The van der Waals surface area contributed by atoms with Gasteiger partial charge in [0, 0.05) is 22.1 Å². The van der Waals surface area contributed by atoms with Gasteiger partial charge in [0.05, 0.1) is 5.52 Å². The quantitative estimate of drug-likeness (QED) is 0.611. The van der Waals surface area contributed by atoms with E-state index in [4.69, 9.17) is 5.11 Å². The zero-order valence-electron chi connectivity index (χ0n) is 10.9. The van der Waals surface area contributed by atoms with Crippen molar-refractivity contribution in [1.82, 2.24) is 9.78 Å². The summed E-state index contributed by atoms with van der Waals surface area (Å²) in [7, 11) is 0. The molecule has 5 heteroatoms. The van der Waals surface area contributed by atoms with Gasteiger partial charge >= 0.3 is 5.97 Å². The molecule has 0 atom stereocenters. The van der Waals surface area contributed by atoms with Crippen LogP contribution in [-0.2, 0) is 11.3 Å². The van der Waals surface area contributed by atoms with E-state index in [0.717, 1.165) is 10.9 Å². The Bertz CT molecular complexity index is 924. The number of ketones is 1. The molecule has 0 fully saturated rings. The van der Waals surface area contributed by atoms with Gasteiger partial charge in [-0.05, 0) is 6.07 Å². The van der Waals surface area contributed by atoms with Crippen molar-refractivity contribution in [3.8, 4) is 11.3 Å². The van der Waals surface area contributed by atoms with Crippen LogP contribution >= 0.6 is 0 Å². The van der Waals surface area contributed by atoms with Gasteiger partial charge in [-0.15, -0.1) is 0 Å². The van der Waals surface area contributed by atoms with Crippen molar-refractivity contribution in [3.63, 3.8) is 0 Å². The van der Waals surface area contributed by atoms with E-state index in [1.54, 1.807) is 24.3 Å². The Balaban J connectivity index is 2.13. The number of rotatable bonds is 2. The summed E-state index contributed by atoms with van der Waals surface area (Å²) in [5.74, 6) is -1.01. The smallest absolute Gasteiger partial charge is 0.325 e. The lowest BCUT2D eigenvalue weighted by molar-refractivity contribution is -0.137. The number of carbonyl (C=O) groups is 2. The van der Waals surface area contributed by atoms with Crippen molar-refractivity contribution in [2.75, 3.05) is 0 Å². The molecule has 0 bridgehead atoms. The highest BCUT2D eigenvalue weighted by atomic mass is 16.4. The average molecular weight is 278 g/mol. The van der Waals surface area contributed by atoms with Crippen LogP contribution in [0.1, 0.15) is 15.9 Å². The summed E-state index contributed by atoms with van der Waals surface area (Å²) in [6.45, 7) is -0.226. The van der Waals surface area contributed by atoms with E-state index < -0.39 is 5.97 Å². The van der Waals surface area contributed by atoms with Crippen molar-refractivity contribution < 1.29 is 14.7 Å². The van der Waals surface area contributed by atoms with Crippen molar-refractivity contribution >= 4 is 22.7 Å². The molecule has 4 rings (SSSR count). The van der Waals surface area contributed by atoms with Gasteiger partial charge in [0.25, 0.3) is 0 Å². The number of carboxylic acid groups (broad SMARTS) is 1. The molecule has 0 spiro atoms. The summed E-state index contributed by atoms with van der Waals surface area (Å²) < 4.78 is 1.44. The van der Waals surface area contributed by atoms with E-state index in [9.17, 15) is 9.59 Å². The number of hydrogen-bond donors (Lipinski definition) is 1. The van der Waals surface area contributed by atoms with E-state index in [0.29, 0.717) is 22.3 Å². The molecule has 0 unspecified atom stereocenters. The second kappa shape index (κ2) is 4.02. The molecule has 1 aliphatic carbocycles. The van der Waals surface area contributed by atoms with Crippen molar-refractivity contribution in [3.05, 3.63) is 53.6 Å². The maximum Gasteiger partial charge on any atom is 0.325 e. The highest BCUT2D eigenvalue weighted by Crippen LogP contribution is 2.38. The first-order valence-corrected chi connectivity index (χ1v) is 6.52. The van der Waals surface area contributed by atoms with Crippen LogP contribution in [0.25, 0.3) is 22.2 Å². The molecule has 1 aromatic heterocycles. The molecular weight excluding hydrogens is 268 g/mol. The second-order valence-electron chi connectivity index (χ2n) is 4.97. The fraction of sp³-hybridized carbons (Fsp3) is 0.0625. The van der Waals surface area contributed by atoms with E-state index in [-0.39, 0.29) is 12.3 Å².